The Morgan fingerprint density at radius 1 is 1.17 bits per heavy atom. The van der Waals surface area contributed by atoms with E-state index in [0.29, 0.717) is 33.9 Å². The third-order valence-electron chi connectivity index (χ3n) is 4.86. The molecule has 0 aliphatic heterocycles. The monoisotopic (exact) mass is 447 g/mol. The first-order valence-corrected chi connectivity index (χ1v) is 11.5. The van der Waals surface area contributed by atoms with Crippen molar-refractivity contribution in [1.82, 2.24) is 9.71 Å². The van der Waals surface area contributed by atoms with Gasteiger partial charge in [-0.15, -0.1) is 11.3 Å². The van der Waals surface area contributed by atoms with Crippen LogP contribution in [0, 0.1) is 26.6 Å². The lowest BCUT2D eigenvalue weighted by molar-refractivity contribution is 0.102. The number of amides is 1. The number of nitrogens with one attached hydrogen (secondary N) is 2. The zero-order valence-corrected chi connectivity index (χ0v) is 18.7. The summed E-state index contributed by atoms with van der Waals surface area (Å²) in [6.45, 7) is 5.25. The number of hydrogen-bond acceptors (Lipinski definition) is 5. The zero-order chi connectivity index (χ0) is 22.1. The van der Waals surface area contributed by atoms with E-state index in [9.17, 15) is 17.6 Å². The number of halogens is 1. The van der Waals surface area contributed by atoms with E-state index in [2.05, 4.69) is 15.0 Å². The zero-order valence-electron chi connectivity index (χ0n) is 17.0. The summed E-state index contributed by atoms with van der Waals surface area (Å²) in [7, 11) is -2.37. The van der Waals surface area contributed by atoms with Crippen molar-refractivity contribution in [3.8, 4) is 0 Å². The summed E-state index contributed by atoms with van der Waals surface area (Å²) in [6, 6.07) is 9.52. The first kappa shape index (κ1) is 22.1. The van der Waals surface area contributed by atoms with Crippen LogP contribution >= 0.6 is 11.3 Å². The van der Waals surface area contributed by atoms with Gasteiger partial charge in [0.15, 0.2) is 5.13 Å². The van der Waals surface area contributed by atoms with Crippen molar-refractivity contribution >= 4 is 32.4 Å². The van der Waals surface area contributed by atoms with Crippen LogP contribution in [0.5, 0.6) is 0 Å². The van der Waals surface area contributed by atoms with Gasteiger partial charge in [0.2, 0.25) is 10.0 Å². The van der Waals surface area contributed by atoms with Gasteiger partial charge < -0.3 is 0 Å². The SMILES string of the molecule is CNS(=O)(=O)c1cc(C(=O)Nc2nc(C)c(Cc3ccccc3F)s2)cc(C)c1C. The molecular weight excluding hydrogens is 425 g/mol. The number of sulfonamides is 1. The standard InChI is InChI=1S/C21H22FN3O3S2/c1-12-9-16(11-19(13(12)2)30(27,28)23-4)20(26)25-21-24-14(3)18(29-21)10-15-7-5-6-8-17(15)22/h5-9,11,23H,10H2,1-4H3,(H,24,25,26). The van der Waals surface area contributed by atoms with Crippen molar-refractivity contribution in [2.75, 3.05) is 12.4 Å². The second-order valence-electron chi connectivity index (χ2n) is 6.87. The molecule has 2 N–H and O–H groups in total. The number of carbonyl (C=O) groups excluding carboxylic acids is 1. The van der Waals surface area contributed by atoms with E-state index in [1.165, 1.54) is 30.5 Å². The third-order valence-corrected chi connectivity index (χ3v) is 7.48. The fourth-order valence-electron chi connectivity index (χ4n) is 2.98. The van der Waals surface area contributed by atoms with Crippen LogP contribution < -0.4 is 10.0 Å². The Labute approximate surface area is 179 Å². The minimum Gasteiger partial charge on any atom is -0.298 e. The molecule has 0 saturated heterocycles. The highest BCUT2D eigenvalue weighted by Gasteiger charge is 2.20. The lowest BCUT2D eigenvalue weighted by Gasteiger charge is -2.12. The molecule has 0 fully saturated rings. The molecule has 0 aliphatic carbocycles. The van der Waals surface area contributed by atoms with Gasteiger partial charge in [-0.2, -0.15) is 0 Å². The Morgan fingerprint density at radius 2 is 1.87 bits per heavy atom. The molecule has 0 atom stereocenters. The van der Waals surface area contributed by atoms with E-state index in [1.54, 1.807) is 45.0 Å². The molecule has 1 heterocycles. The van der Waals surface area contributed by atoms with Gasteiger partial charge >= 0.3 is 0 Å². The Bertz CT molecular complexity index is 1220. The molecule has 158 valence electrons. The van der Waals surface area contributed by atoms with E-state index in [-0.39, 0.29) is 16.3 Å². The molecule has 0 unspecified atom stereocenters. The van der Waals surface area contributed by atoms with Gasteiger partial charge in [-0.25, -0.2) is 22.5 Å². The number of hydrogen-bond donors (Lipinski definition) is 2. The molecule has 3 rings (SSSR count). The van der Waals surface area contributed by atoms with Gasteiger partial charge in [-0.3, -0.25) is 10.1 Å². The second-order valence-corrected chi connectivity index (χ2v) is 9.81. The second kappa shape index (κ2) is 8.63. The van der Waals surface area contributed by atoms with E-state index >= 15 is 0 Å². The minimum atomic E-state index is -3.70. The van der Waals surface area contributed by atoms with E-state index < -0.39 is 15.9 Å². The van der Waals surface area contributed by atoms with Crippen molar-refractivity contribution in [3.05, 3.63) is 75.0 Å². The fourth-order valence-corrected chi connectivity index (χ4v) is 5.02. The largest absolute Gasteiger partial charge is 0.298 e. The molecule has 9 heteroatoms. The number of anilines is 1. The molecule has 1 amide bonds. The summed E-state index contributed by atoms with van der Waals surface area (Å²) < 4.78 is 40.8. The van der Waals surface area contributed by atoms with Gasteiger partial charge in [0.25, 0.3) is 5.91 Å². The Balaban J connectivity index is 1.86. The smallest absolute Gasteiger partial charge is 0.257 e. The molecule has 6 nitrogen and oxygen atoms in total. The van der Waals surface area contributed by atoms with Crippen LogP contribution in [0.25, 0.3) is 0 Å². The Morgan fingerprint density at radius 3 is 2.53 bits per heavy atom. The molecule has 2 aromatic carbocycles. The molecular formula is C21H22FN3O3S2. The predicted molar refractivity (Wildman–Crippen MR) is 116 cm³/mol. The number of thiazole rings is 1. The summed E-state index contributed by atoms with van der Waals surface area (Å²) in [5.41, 5.74) is 2.75. The van der Waals surface area contributed by atoms with Crippen molar-refractivity contribution in [1.29, 1.82) is 0 Å². The fraction of sp³-hybridized carbons (Fsp3) is 0.238. The van der Waals surface area contributed by atoms with Gasteiger partial charge in [0.05, 0.1) is 10.6 Å². The average Bonchev–Trinajstić information content (AvgIpc) is 3.04. The van der Waals surface area contributed by atoms with E-state index in [0.717, 1.165) is 4.88 Å². The van der Waals surface area contributed by atoms with Crippen molar-refractivity contribution in [2.45, 2.75) is 32.1 Å². The molecule has 0 aliphatic rings. The number of rotatable bonds is 6. The molecule has 3 aromatic rings. The molecule has 0 bridgehead atoms. The lowest BCUT2D eigenvalue weighted by atomic mass is 10.1. The van der Waals surface area contributed by atoms with Crippen molar-refractivity contribution in [3.63, 3.8) is 0 Å². The van der Waals surface area contributed by atoms with Gasteiger partial charge in [0, 0.05) is 16.9 Å². The molecule has 0 spiro atoms. The van der Waals surface area contributed by atoms with Gasteiger partial charge in [0.1, 0.15) is 5.82 Å². The molecule has 1 aromatic heterocycles. The summed E-state index contributed by atoms with van der Waals surface area (Å²) >= 11 is 1.27. The highest BCUT2D eigenvalue weighted by atomic mass is 32.2. The van der Waals surface area contributed by atoms with Crippen LogP contribution in [0.4, 0.5) is 9.52 Å². The lowest BCUT2D eigenvalue weighted by Crippen LogP contribution is -2.21. The van der Waals surface area contributed by atoms with Crippen molar-refractivity contribution < 1.29 is 17.6 Å². The van der Waals surface area contributed by atoms with Crippen LogP contribution in [-0.2, 0) is 16.4 Å². The summed E-state index contributed by atoms with van der Waals surface area (Å²) in [5, 5.41) is 3.10. The number of carbonyl (C=O) groups is 1. The highest BCUT2D eigenvalue weighted by molar-refractivity contribution is 7.89. The molecule has 0 saturated carbocycles. The van der Waals surface area contributed by atoms with Crippen LogP contribution in [0.1, 0.15) is 37.6 Å². The number of benzene rings is 2. The maximum atomic E-state index is 13.9. The minimum absolute atomic E-state index is 0.0608. The highest BCUT2D eigenvalue weighted by Crippen LogP contribution is 2.27. The molecule has 30 heavy (non-hydrogen) atoms. The van der Waals surface area contributed by atoms with Crippen molar-refractivity contribution in [2.24, 2.45) is 0 Å². The number of aromatic nitrogens is 1. The van der Waals surface area contributed by atoms with Gasteiger partial charge in [-0.05, 0) is 62.7 Å². The third kappa shape index (κ3) is 4.58. The predicted octanol–water partition coefficient (Wildman–Crippen LogP) is 3.96. The average molecular weight is 448 g/mol. The van der Waals surface area contributed by atoms with E-state index in [4.69, 9.17) is 0 Å². The topological polar surface area (TPSA) is 88.2 Å². The number of nitrogens with zero attached hydrogens (tertiary/aromatic N) is 1. The first-order valence-electron chi connectivity index (χ1n) is 9.18. The summed E-state index contributed by atoms with van der Waals surface area (Å²) in [5.74, 6) is -0.749. The van der Waals surface area contributed by atoms with Gasteiger partial charge in [-0.1, -0.05) is 18.2 Å². The summed E-state index contributed by atoms with van der Waals surface area (Å²) in [4.78, 5) is 18.0. The quantitative estimate of drug-likeness (QED) is 0.599. The Kier molecular flexibility index (Phi) is 6.35. The maximum Gasteiger partial charge on any atom is 0.257 e. The normalized spacial score (nSPS) is 11.5. The summed E-state index contributed by atoms with van der Waals surface area (Å²) in [6.07, 6.45) is 0.375. The Hall–Kier alpha value is -2.62. The number of aryl methyl sites for hydroxylation is 2. The van der Waals surface area contributed by atoms with Crippen LogP contribution in [0.2, 0.25) is 0 Å². The first-order chi connectivity index (χ1) is 14.1. The maximum absolute atomic E-state index is 13.9. The molecule has 0 radical (unpaired) electrons. The van der Waals surface area contributed by atoms with E-state index in [1.807, 2.05) is 0 Å². The van der Waals surface area contributed by atoms with Crippen LogP contribution in [0.3, 0.4) is 0 Å². The van der Waals surface area contributed by atoms with Crippen LogP contribution in [-0.4, -0.2) is 26.4 Å². The van der Waals surface area contributed by atoms with Crippen LogP contribution in [0.15, 0.2) is 41.3 Å².